The minimum atomic E-state index is 0.373. The monoisotopic (exact) mass is 386 g/mol. The van der Waals surface area contributed by atoms with Crippen LogP contribution in [0.5, 0.6) is 0 Å². The van der Waals surface area contributed by atoms with E-state index in [9.17, 15) is 0 Å². The third-order valence-corrected chi connectivity index (χ3v) is 7.65. The molecule has 0 radical (unpaired) electrons. The molecule has 0 amide bonds. The SMILES string of the molecule is Cc1nc(N2CCC(N3CCO[C@H](C)C3)CC2)c2c3c(sc2n1)CCCC3. The van der Waals surface area contributed by atoms with Crippen LogP contribution in [0.25, 0.3) is 10.2 Å². The first kappa shape index (κ1) is 17.8. The van der Waals surface area contributed by atoms with E-state index in [1.54, 1.807) is 10.4 Å². The molecule has 2 aromatic rings. The third-order valence-electron chi connectivity index (χ3n) is 6.46. The number of piperidine rings is 1. The van der Waals surface area contributed by atoms with Gasteiger partial charge in [0.15, 0.2) is 0 Å². The quantitative estimate of drug-likeness (QED) is 0.789. The fraction of sp³-hybridized carbons (Fsp3) is 0.714. The Balaban J connectivity index is 1.39. The Morgan fingerprint density at radius 1 is 1.07 bits per heavy atom. The molecule has 27 heavy (non-hydrogen) atoms. The summed E-state index contributed by atoms with van der Waals surface area (Å²) in [5, 5.41) is 1.37. The molecule has 0 spiro atoms. The van der Waals surface area contributed by atoms with E-state index in [-0.39, 0.29) is 0 Å². The van der Waals surface area contributed by atoms with Gasteiger partial charge in [0, 0.05) is 37.1 Å². The van der Waals surface area contributed by atoms with Gasteiger partial charge in [0.05, 0.1) is 18.1 Å². The molecule has 0 aromatic carbocycles. The molecule has 0 bridgehead atoms. The molecule has 4 heterocycles. The highest BCUT2D eigenvalue weighted by molar-refractivity contribution is 7.19. The van der Waals surface area contributed by atoms with E-state index >= 15 is 0 Å². The van der Waals surface area contributed by atoms with E-state index in [1.807, 2.05) is 18.3 Å². The highest BCUT2D eigenvalue weighted by atomic mass is 32.1. The van der Waals surface area contributed by atoms with Crippen molar-refractivity contribution in [2.75, 3.05) is 37.7 Å². The summed E-state index contributed by atoms with van der Waals surface area (Å²) in [6.45, 7) is 9.50. The lowest BCUT2D eigenvalue weighted by molar-refractivity contribution is -0.0373. The molecule has 6 heteroatoms. The van der Waals surface area contributed by atoms with E-state index in [0.717, 1.165) is 38.6 Å². The van der Waals surface area contributed by atoms with Crippen LogP contribution in [0, 0.1) is 6.92 Å². The van der Waals surface area contributed by atoms with Gasteiger partial charge in [-0.15, -0.1) is 11.3 Å². The van der Waals surface area contributed by atoms with Crippen LogP contribution in [0.2, 0.25) is 0 Å². The second kappa shape index (κ2) is 7.30. The molecule has 5 nitrogen and oxygen atoms in total. The van der Waals surface area contributed by atoms with Crippen LogP contribution in [-0.2, 0) is 17.6 Å². The Hall–Kier alpha value is -1.24. The van der Waals surface area contributed by atoms with E-state index in [2.05, 4.69) is 16.7 Å². The summed E-state index contributed by atoms with van der Waals surface area (Å²) in [5.74, 6) is 2.13. The van der Waals surface area contributed by atoms with Crippen molar-refractivity contribution in [1.82, 2.24) is 14.9 Å². The lowest BCUT2D eigenvalue weighted by atomic mass is 9.96. The van der Waals surface area contributed by atoms with Gasteiger partial charge in [0.25, 0.3) is 0 Å². The zero-order valence-corrected chi connectivity index (χ0v) is 17.4. The average Bonchev–Trinajstić information content (AvgIpc) is 3.05. The van der Waals surface area contributed by atoms with Crippen molar-refractivity contribution < 1.29 is 4.74 Å². The predicted molar refractivity (Wildman–Crippen MR) is 111 cm³/mol. The molecule has 1 aliphatic carbocycles. The molecule has 1 atom stereocenters. The van der Waals surface area contributed by atoms with Gasteiger partial charge in [-0.2, -0.15) is 0 Å². The molecule has 0 N–H and O–H groups in total. The fourth-order valence-electron chi connectivity index (χ4n) is 5.09. The van der Waals surface area contributed by atoms with Crippen molar-refractivity contribution in [1.29, 1.82) is 0 Å². The molecule has 2 saturated heterocycles. The minimum Gasteiger partial charge on any atom is -0.376 e. The maximum absolute atomic E-state index is 5.73. The number of nitrogens with zero attached hydrogens (tertiary/aromatic N) is 4. The van der Waals surface area contributed by atoms with Crippen molar-refractivity contribution in [3.63, 3.8) is 0 Å². The molecular formula is C21H30N4OS. The highest BCUT2D eigenvalue weighted by Crippen LogP contribution is 2.40. The second-order valence-electron chi connectivity index (χ2n) is 8.38. The second-order valence-corrected chi connectivity index (χ2v) is 9.46. The van der Waals surface area contributed by atoms with Crippen LogP contribution in [0.3, 0.4) is 0 Å². The summed E-state index contributed by atoms with van der Waals surface area (Å²) < 4.78 is 5.73. The van der Waals surface area contributed by atoms with Crippen molar-refractivity contribution in [3.05, 3.63) is 16.3 Å². The van der Waals surface area contributed by atoms with Gasteiger partial charge in [-0.05, 0) is 57.9 Å². The molecule has 2 fully saturated rings. The van der Waals surface area contributed by atoms with Gasteiger partial charge in [0.1, 0.15) is 16.5 Å². The number of ether oxygens (including phenoxy) is 1. The average molecular weight is 387 g/mol. The molecule has 0 unspecified atom stereocenters. The first-order chi connectivity index (χ1) is 13.2. The van der Waals surface area contributed by atoms with Crippen LogP contribution < -0.4 is 4.90 Å². The van der Waals surface area contributed by atoms with E-state index < -0.39 is 0 Å². The summed E-state index contributed by atoms with van der Waals surface area (Å²) in [6.07, 6.45) is 7.89. The van der Waals surface area contributed by atoms with Gasteiger partial charge >= 0.3 is 0 Å². The smallest absolute Gasteiger partial charge is 0.141 e. The summed E-state index contributed by atoms with van der Waals surface area (Å²) in [4.78, 5) is 17.7. The third kappa shape index (κ3) is 3.36. The molecule has 146 valence electrons. The van der Waals surface area contributed by atoms with Crippen molar-refractivity contribution in [3.8, 4) is 0 Å². The van der Waals surface area contributed by atoms with Crippen LogP contribution in [0.4, 0.5) is 5.82 Å². The van der Waals surface area contributed by atoms with Gasteiger partial charge in [-0.3, -0.25) is 4.90 Å². The molecular weight excluding hydrogens is 356 g/mol. The van der Waals surface area contributed by atoms with Gasteiger partial charge < -0.3 is 9.64 Å². The highest BCUT2D eigenvalue weighted by Gasteiger charge is 2.30. The zero-order chi connectivity index (χ0) is 18.4. The summed E-state index contributed by atoms with van der Waals surface area (Å²) in [6, 6.07) is 0.697. The summed E-state index contributed by atoms with van der Waals surface area (Å²) in [7, 11) is 0. The molecule has 2 aromatic heterocycles. The maximum atomic E-state index is 5.73. The number of thiophene rings is 1. The largest absolute Gasteiger partial charge is 0.376 e. The van der Waals surface area contributed by atoms with Gasteiger partial charge in [-0.25, -0.2) is 9.97 Å². The Morgan fingerprint density at radius 2 is 1.89 bits per heavy atom. The molecule has 5 rings (SSSR count). The van der Waals surface area contributed by atoms with Crippen molar-refractivity contribution in [2.45, 2.75) is 64.5 Å². The summed E-state index contributed by atoms with van der Waals surface area (Å²) in [5.41, 5.74) is 1.56. The topological polar surface area (TPSA) is 41.5 Å². The number of hydrogen-bond donors (Lipinski definition) is 0. The van der Waals surface area contributed by atoms with Gasteiger partial charge in [0.2, 0.25) is 0 Å². The standard InChI is InChI=1S/C21H30N4OS/c1-14-13-25(11-12-26-14)16-7-9-24(10-8-16)20-19-17-5-3-4-6-18(17)27-21(19)23-15(2)22-20/h14,16H,3-13H2,1-2H3/t14-/m1/s1. The van der Waals surface area contributed by atoms with Crippen LogP contribution in [-0.4, -0.2) is 59.8 Å². The summed E-state index contributed by atoms with van der Waals surface area (Å²) >= 11 is 1.92. The zero-order valence-electron chi connectivity index (χ0n) is 16.5. The van der Waals surface area contributed by atoms with Crippen molar-refractivity contribution in [2.24, 2.45) is 0 Å². The number of anilines is 1. The van der Waals surface area contributed by atoms with Crippen LogP contribution >= 0.6 is 11.3 Å². The number of morpholine rings is 1. The molecule has 2 aliphatic heterocycles. The van der Waals surface area contributed by atoms with Crippen LogP contribution in [0.1, 0.15) is 48.9 Å². The fourth-order valence-corrected chi connectivity index (χ4v) is 6.39. The molecule has 0 saturated carbocycles. The lowest BCUT2D eigenvalue weighted by Gasteiger charge is -2.42. The Bertz CT molecular complexity index is 827. The first-order valence-corrected chi connectivity index (χ1v) is 11.4. The number of aryl methyl sites for hydroxylation is 3. The Kier molecular flexibility index (Phi) is 4.82. The van der Waals surface area contributed by atoms with Crippen molar-refractivity contribution >= 4 is 27.4 Å². The number of aromatic nitrogens is 2. The lowest BCUT2D eigenvalue weighted by Crippen LogP contribution is -2.51. The van der Waals surface area contributed by atoms with E-state index in [0.29, 0.717) is 12.1 Å². The predicted octanol–water partition coefficient (Wildman–Crippen LogP) is 3.57. The maximum Gasteiger partial charge on any atom is 0.141 e. The number of hydrogen-bond acceptors (Lipinski definition) is 6. The Morgan fingerprint density at radius 3 is 2.70 bits per heavy atom. The molecule has 3 aliphatic rings. The van der Waals surface area contributed by atoms with Crippen LogP contribution in [0.15, 0.2) is 0 Å². The first-order valence-electron chi connectivity index (χ1n) is 10.6. The Labute approximate surface area is 165 Å². The van der Waals surface area contributed by atoms with Gasteiger partial charge in [-0.1, -0.05) is 0 Å². The normalized spacial score (nSPS) is 25.1. The van der Waals surface area contributed by atoms with E-state index in [4.69, 9.17) is 14.7 Å². The number of rotatable bonds is 2. The minimum absolute atomic E-state index is 0.373. The van der Waals surface area contributed by atoms with E-state index in [1.165, 1.54) is 54.6 Å². The number of fused-ring (bicyclic) bond motifs is 3.